The van der Waals surface area contributed by atoms with Gasteiger partial charge in [-0.1, -0.05) is 97.6 Å². The highest BCUT2D eigenvalue weighted by Gasteiger charge is 2.24. The molecule has 3 aromatic carbocycles. The van der Waals surface area contributed by atoms with E-state index in [1.165, 1.54) is 33.0 Å². The van der Waals surface area contributed by atoms with Gasteiger partial charge >= 0.3 is 0 Å². The lowest BCUT2D eigenvalue weighted by Gasteiger charge is -2.25. The molecule has 25 heavy (non-hydrogen) atoms. The van der Waals surface area contributed by atoms with Gasteiger partial charge in [-0.25, -0.2) is 0 Å². The predicted molar refractivity (Wildman–Crippen MR) is 111 cm³/mol. The van der Waals surface area contributed by atoms with Crippen LogP contribution in [0.2, 0.25) is 19.6 Å². The molecule has 0 saturated heterocycles. The molecule has 1 nitrogen and oxygen atoms in total. The van der Waals surface area contributed by atoms with Gasteiger partial charge in [0.15, 0.2) is 0 Å². The zero-order valence-electron chi connectivity index (χ0n) is 15.3. The highest BCUT2D eigenvalue weighted by molar-refractivity contribution is 6.89. The molecule has 3 rings (SSSR count). The zero-order valence-corrected chi connectivity index (χ0v) is 16.3. The van der Waals surface area contributed by atoms with Crippen molar-refractivity contribution < 1.29 is 5.11 Å². The van der Waals surface area contributed by atoms with Crippen LogP contribution < -0.4 is 5.19 Å². The molecule has 0 aliphatic heterocycles. The summed E-state index contributed by atoms with van der Waals surface area (Å²) in [4.78, 5) is 0. The van der Waals surface area contributed by atoms with Gasteiger partial charge in [0.05, 0.1) is 8.07 Å². The fraction of sp³-hybridized carbons (Fsp3) is 0.217. The first-order valence-electron chi connectivity index (χ1n) is 8.90. The first-order chi connectivity index (χ1) is 12.0. The summed E-state index contributed by atoms with van der Waals surface area (Å²) in [5.41, 5.74) is 6.36. The normalized spacial score (nSPS) is 11.5. The summed E-state index contributed by atoms with van der Waals surface area (Å²) in [5.74, 6) is 0. The second-order valence-electron chi connectivity index (χ2n) is 7.52. The summed E-state index contributed by atoms with van der Waals surface area (Å²) in [7, 11) is -1.57. The van der Waals surface area contributed by atoms with Gasteiger partial charge in [0.1, 0.15) is 0 Å². The molecule has 0 atom stereocenters. The predicted octanol–water partition coefficient (Wildman–Crippen LogP) is 5.10. The fourth-order valence-electron chi connectivity index (χ4n) is 3.33. The van der Waals surface area contributed by atoms with E-state index in [1.54, 1.807) is 0 Å². The number of aliphatic hydroxyl groups excluding tert-OH is 1. The first kappa shape index (κ1) is 17.7. The Hall–Kier alpha value is -2.16. The molecule has 0 spiro atoms. The zero-order chi connectivity index (χ0) is 17.9. The summed E-state index contributed by atoms with van der Waals surface area (Å²) >= 11 is 0. The van der Waals surface area contributed by atoms with Crippen molar-refractivity contribution in [2.45, 2.75) is 26.1 Å². The van der Waals surface area contributed by atoms with Gasteiger partial charge < -0.3 is 5.11 Å². The maximum Gasteiger partial charge on any atom is 0.0784 e. The third kappa shape index (κ3) is 3.92. The lowest BCUT2D eigenvalue weighted by Crippen LogP contribution is -2.39. The van der Waals surface area contributed by atoms with Crippen molar-refractivity contribution in [3.63, 3.8) is 0 Å². The number of aliphatic hydroxyl groups is 1. The Labute approximate surface area is 152 Å². The van der Waals surface area contributed by atoms with Gasteiger partial charge in [0, 0.05) is 6.61 Å². The molecule has 0 radical (unpaired) electrons. The second-order valence-corrected chi connectivity index (χ2v) is 12.6. The van der Waals surface area contributed by atoms with Gasteiger partial charge in [-0.05, 0) is 34.2 Å². The van der Waals surface area contributed by atoms with E-state index >= 15 is 0 Å². The number of rotatable bonds is 5. The first-order valence-corrected chi connectivity index (χ1v) is 12.4. The van der Waals surface area contributed by atoms with E-state index in [9.17, 15) is 5.11 Å². The average Bonchev–Trinajstić information content (AvgIpc) is 2.62. The minimum Gasteiger partial charge on any atom is -0.396 e. The molecule has 0 unspecified atom stereocenters. The topological polar surface area (TPSA) is 20.2 Å². The van der Waals surface area contributed by atoms with E-state index in [1.807, 2.05) is 0 Å². The molecule has 0 heterocycles. The van der Waals surface area contributed by atoms with Crippen LogP contribution in [0, 0.1) is 0 Å². The van der Waals surface area contributed by atoms with Crippen LogP contribution in [0.5, 0.6) is 0 Å². The summed E-state index contributed by atoms with van der Waals surface area (Å²) < 4.78 is 0. The molecule has 128 valence electrons. The molecular weight excluding hydrogens is 320 g/mol. The molecule has 0 aromatic heterocycles. The molecule has 3 aromatic rings. The van der Waals surface area contributed by atoms with Crippen LogP contribution in [0.1, 0.15) is 5.56 Å². The van der Waals surface area contributed by atoms with Crippen molar-refractivity contribution in [2.24, 2.45) is 0 Å². The smallest absolute Gasteiger partial charge is 0.0784 e. The summed E-state index contributed by atoms with van der Waals surface area (Å²) in [6.07, 6.45) is 0.701. The van der Waals surface area contributed by atoms with Gasteiger partial charge in [0.25, 0.3) is 0 Å². The number of benzene rings is 3. The molecular formula is C23H26OSi. The highest BCUT2D eigenvalue weighted by Crippen LogP contribution is 2.33. The average molecular weight is 347 g/mol. The molecule has 0 aliphatic rings. The van der Waals surface area contributed by atoms with Crippen molar-refractivity contribution in [2.75, 3.05) is 6.61 Å². The maximum absolute atomic E-state index is 9.47. The number of hydrogen-bond donors (Lipinski definition) is 1. The third-order valence-corrected chi connectivity index (χ3v) is 6.56. The van der Waals surface area contributed by atoms with Crippen molar-refractivity contribution in [3.8, 4) is 22.3 Å². The largest absolute Gasteiger partial charge is 0.396 e. The van der Waals surface area contributed by atoms with Gasteiger partial charge in [-0.3, -0.25) is 0 Å². The SMILES string of the molecule is C[Si](C)(C)c1cc(CCO)cc(-c2ccccc2)c1-c1ccccc1. The Balaban J connectivity index is 2.36. The summed E-state index contributed by atoms with van der Waals surface area (Å²) in [6, 6.07) is 25.9. The second kappa shape index (κ2) is 7.38. The van der Waals surface area contributed by atoms with E-state index in [0.717, 1.165) is 0 Å². The van der Waals surface area contributed by atoms with Crippen LogP contribution in [0.25, 0.3) is 22.3 Å². The van der Waals surface area contributed by atoms with Crippen molar-refractivity contribution in [1.82, 2.24) is 0 Å². The summed E-state index contributed by atoms with van der Waals surface area (Å²) in [6.45, 7) is 7.37. The van der Waals surface area contributed by atoms with Crippen LogP contribution in [-0.4, -0.2) is 19.8 Å². The Bertz CT molecular complexity index is 833. The van der Waals surface area contributed by atoms with Crippen LogP contribution in [0.4, 0.5) is 0 Å². The Morgan fingerprint density at radius 1 is 0.760 bits per heavy atom. The molecule has 0 saturated carbocycles. The third-order valence-electron chi connectivity index (χ3n) is 4.55. The van der Waals surface area contributed by atoms with Crippen molar-refractivity contribution >= 4 is 13.3 Å². The number of hydrogen-bond acceptors (Lipinski definition) is 1. The lowest BCUT2D eigenvalue weighted by molar-refractivity contribution is 0.299. The molecule has 0 amide bonds. The summed E-state index contributed by atoms with van der Waals surface area (Å²) in [5, 5.41) is 10.9. The van der Waals surface area contributed by atoms with Gasteiger partial charge in [-0.2, -0.15) is 0 Å². The quantitative estimate of drug-likeness (QED) is 0.637. The monoisotopic (exact) mass is 346 g/mol. The minimum absolute atomic E-state index is 0.185. The van der Waals surface area contributed by atoms with Gasteiger partial charge in [-0.15, -0.1) is 0 Å². The van der Waals surface area contributed by atoms with Gasteiger partial charge in [0.2, 0.25) is 0 Å². The van der Waals surface area contributed by atoms with Crippen LogP contribution in [0.3, 0.4) is 0 Å². The van der Waals surface area contributed by atoms with E-state index in [-0.39, 0.29) is 6.61 Å². The van der Waals surface area contributed by atoms with Crippen LogP contribution >= 0.6 is 0 Å². The maximum atomic E-state index is 9.47. The molecule has 1 N–H and O–H groups in total. The lowest BCUT2D eigenvalue weighted by atomic mass is 9.92. The molecule has 0 fully saturated rings. The Kier molecular flexibility index (Phi) is 5.21. The van der Waals surface area contributed by atoms with Crippen molar-refractivity contribution in [3.05, 3.63) is 78.4 Å². The standard InChI is InChI=1S/C23H26OSi/c1-25(2,3)22-17-18(14-15-24)16-21(19-10-6-4-7-11-19)23(22)20-12-8-5-9-13-20/h4-13,16-17,24H,14-15H2,1-3H3. The Morgan fingerprint density at radius 2 is 1.32 bits per heavy atom. The van der Waals surface area contributed by atoms with Crippen molar-refractivity contribution in [1.29, 1.82) is 0 Å². The molecule has 2 heteroatoms. The Morgan fingerprint density at radius 3 is 1.84 bits per heavy atom. The van der Waals surface area contributed by atoms with Crippen LogP contribution in [-0.2, 0) is 6.42 Å². The molecule has 0 aliphatic carbocycles. The fourth-order valence-corrected chi connectivity index (χ4v) is 4.98. The van der Waals surface area contributed by atoms with E-state index in [0.29, 0.717) is 6.42 Å². The van der Waals surface area contributed by atoms with E-state index in [2.05, 4.69) is 92.4 Å². The minimum atomic E-state index is -1.57. The van der Waals surface area contributed by atoms with E-state index in [4.69, 9.17) is 0 Å². The van der Waals surface area contributed by atoms with Crippen LogP contribution in [0.15, 0.2) is 72.8 Å². The molecule has 0 bridgehead atoms. The van der Waals surface area contributed by atoms with E-state index < -0.39 is 8.07 Å². The highest BCUT2D eigenvalue weighted by atomic mass is 28.3.